The fourth-order valence-corrected chi connectivity index (χ4v) is 2.06. The summed E-state index contributed by atoms with van der Waals surface area (Å²) in [6.07, 6.45) is 3.01. The molecule has 6 nitrogen and oxygen atoms in total. The standard InChI is InChI=1S/C16H17N3O3/c17-8-5-15(20)18-13-1-3-14(4-2-13)19-16(21)11-12-6-9-22-10-7-12/h1-4,11H,5-7,9-10H2,(H,18,20)(H,19,21). The monoisotopic (exact) mass is 299 g/mol. The van der Waals surface area contributed by atoms with Crippen LogP contribution in [0.25, 0.3) is 0 Å². The third-order valence-electron chi connectivity index (χ3n) is 3.15. The minimum Gasteiger partial charge on any atom is -0.381 e. The zero-order valence-electron chi connectivity index (χ0n) is 12.1. The summed E-state index contributed by atoms with van der Waals surface area (Å²) in [5.41, 5.74) is 2.32. The maximum absolute atomic E-state index is 11.9. The maximum atomic E-state index is 11.9. The van der Waals surface area contributed by atoms with Crippen LogP contribution in [0, 0.1) is 11.3 Å². The Hall–Kier alpha value is -2.65. The number of nitrogens with zero attached hydrogens (tertiary/aromatic N) is 1. The molecule has 1 aliphatic rings. The van der Waals surface area contributed by atoms with E-state index < -0.39 is 0 Å². The van der Waals surface area contributed by atoms with Gasteiger partial charge in [0, 0.05) is 17.5 Å². The topological polar surface area (TPSA) is 91.2 Å². The Labute approximate surface area is 128 Å². The lowest BCUT2D eigenvalue weighted by atomic mass is 10.1. The second-order valence-corrected chi connectivity index (χ2v) is 4.86. The van der Waals surface area contributed by atoms with Crippen molar-refractivity contribution in [3.63, 3.8) is 0 Å². The number of anilines is 2. The van der Waals surface area contributed by atoms with E-state index in [2.05, 4.69) is 10.6 Å². The fraction of sp³-hybridized carbons (Fsp3) is 0.312. The molecule has 0 unspecified atom stereocenters. The van der Waals surface area contributed by atoms with Crippen molar-refractivity contribution in [2.24, 2.45) is 0 Å². The van der Waals surface area contributed by atoms with Crippen molar-refractivity contribution < 1.29 is 14.3 Å². The summed E-state index contributed by atoms with van der Waals surface area (Å²) < 4.78 is 5.23. The van der Waals surface area contributed by atoms with Crippen LogP contribution in [0.15, 0.2) is 35.9 Å². The molecule has 0 spiro atoms. The van der Waals surface area contributed by atoms with Gasteiger partial charge in [-0.1, -0.05) is 5.57 Å². The van der Waals surface area contributed by atoms with E-state index >= 15 is 0 Å². The number of nitrogens with one attached hydrogen (secondary N) is 2. The molecule has 0 atom stereocenters. The molecule has 22 heavy (non-hydrogen) atoms. The molecule has 2 rings (SSSR count). The zero-order valence-corrected chi connectivity index (χ0v) is 12.1. The van der Waals surface area contributed by atoms with Crippen molar-refractivity contribution in [3.8, 4) is 6.07 Å². The van der Waals surface area contributed by atoms with Crippen molar-refractivity contribution in [3.05, 3.63) is 35.9 Å². The lowest BCUT2D eigenvalue weighted by molar-refractivity contribution is -0.115. The van der Waals surface area contributed by atoms with Crippen molar-refractivity contribution in [2.45, 2.75) is 19.3 Å². The summed E-state index contributed by atoms with van der Waals surface area (Å²) in [5, 5.41) is 13.8. The van der Waals surface area contributed by atoms with Crippen molar-refractivity contribution in [1.29, 1.82) is 5.26 Å². The second kappa shape index (κ2) is 7.96. The van der Waals surface area contributed by atoms with Gasteiger partial charge in [-0.2, -0.15) is 5.26 Å². The van der Waals surface area contributed by atoms with E-state index in [0.29, 0.717) is 24.6 Å². The number of carbonyl (C=O) groups excluding carboxylic acids is 2. The first-order valence-corrected chi connectivity index (χ1v) is 7.02. The maximum Gasteiger partial charge on any atom is 0.248 e. The highest BCUT2D eigenvalue weighted by molar-refractivity contribution is 6.00. The van der Waals surface area contributed by atoms with Crippen LogP contribution in [0.3, 0.4) is 0 Å². The summed E-state index contributed by atoms with van der Waals surface area (Å²) in [4.78, 5) is 23.2. The van der Waals surface area contributed by atoms with Crippen LogP contribution in [0.4, 0.5) is 11.4 Å². The van der Waals surface area contributed by atoms with Crippen molar-refractivity contribution >= 4 is 23.2 Å². The Morgan fingerprint density at radius 1 is 1.14 bits per heavy atom. The van der Waals surface area contributed by atoms with Crippen LogP contribution < -0.4 is 10.6 Å². The third-order valence-corrected chi connectivity index (χ3v) is 3.15. The molecule has 0 radical (unpaired) electrons. The molecule has 2 N–H and O–H groups in total. The lowest BCUT2D eigenvalue weighted by Crippen LogP contribution is -2.13. The molecule has 0 aliphatic carbocycles. The number of rotatable bonds is 4. The van der Waals surface area contributed by atoms with Crippen molar-refractivity contribution in [2.75, 3.05) is 23.8 Å². The van der Waals surface area contributed by atoms with Gasteiger partial charge in [0.15, 0.2) is 0 Å². The molecule has 1 aromatic carbocycles. The normalized spacial score (nSPS) is 13.9. The van der Waals surface area contributed by atoms with Gasteiger partial charge in [0.1, 0.15) is 6.42 Å². The van der Waals surface area contributed by atoms with Gasteiger partial charge < -0.3 is 15.4 Å². The summed E-state index contributed by atoms with van der Waals surface area (Å²) >= 11 is 0. The highest BCUT2D eigenvalue weighted by Gasteiger charge is 2.08. The minimum absolute atomic E-state index is 0.168. The molecule has 1 saturated heterocycles. The minimum atomic E-state index is -0.358. The highest BCUT2D eigenvalue weighted by Crippen LogP contribution is 2.16. The smallest absolute Gasteiger partial charge is 0.248 e. The fourth-order valence-electron chi connectivity index (χ4n) is 2.06. The first-order valence-electron chi connectivity index (χ1n) is 7.02. The molecule has 0 bridgehead atoms. The Kier molecular flexibility index (Phi) is 5.69. The third kappa shape index (κ3) is 5.04. The molecule has 0 aromatic heterocycles. The van der Waals surface area contributed by atoms with E-state index in [9.17, 15) is 9.59 Å². The number of hydrogen-bond acceptors (Lipinski definition) is 4. The van der Waals surface area contributed by atoms with E-state index in [1.54, 1.807) is 36.4 Å². The highest BCUT2D eigenvalue weighted by atomic mass is 16.5. The molecular weight excluding hydrogens is 282 g/mol. The van der Waals surface area contributed by atoms with E-state index in [-0.39, 0.29) is 18.2 Å². The van der Waals surface area contributed by atoms with Gasteiger partial charge >= 0.3 is 0 Å². The quantitative estimate of drug-likeness (QED) is 0.834. The van der Waals surface area contributed by atoms with E-state index in [1.165, 1.54) is 0 Å². The first-order chi connectivity index (χ1) is 10.7. The number of carbonyl (C=O) groups is 2. The van der Waals surface area contributed by atoms with Gasteiger partial charge in [-0.25, -0.2) is 0 Å². The average Bonchev–Trinajstić information content (AvgIpc) is 2.50. The Morgan fingerprint density at radius 3 is 2.32 bits per heavy atom. The molecule has 2 amide bonds. The van der Waals surface area contributed by atoms with Gasteiger partial charge in [-0.05, 0) is 37.1 Å². The van der Waals surface area contributed by atoms with Crippen LogP contribution in [0.1, 0.15) is 19.3 Å². The number of hydrogen-bond donors (Lipinski definition) is 2. The van der Waals surface area contributed by atoms with E-state index in [1.807, 2.05) is 0 Å². The summed E-state index contributed by atoms with van der Waals surface area (Å²) in [6.45, 7) is 1.33. The molecule has 1 fully saturated rings. The van der Waals surface area contributed by atoms with E-state index in [0.717, 1.165) is 18.4 Å². The van der Waals surface area contributed by atoms with Crippen LogP contribution in [0.2, 0.25) is 0 Å². The van der Waals surface area contributed by atoms with Crippen LogP contribution >= 0.6 is 0 Å². The Morgan fingerprint density at radius 2 is 1.73 bits per heavy atom. The summed E-state index contributed by atoms with van der Waals surface area (Å²) in [7, 11) is 0. The largest absolute Gasteiger partial charge is 0.381 e. The van der Waals surface area contributed by atoms with Crippen LogP contribution in [-0.4, -0.2) is 25.0 Å². The summed E-state index contributed by atoms with van der Waals surface area (Å²) in [6, 6.07) is 8.52. The van der Waals surface area contributed by atoms with Crippen molar-refractivity contribution in [1.82, 2.24) is 0 Å². The molecule has 1 aromatic rings. The van der Waals surface area contributed by atoms with Gasteiger partial charge in [-0.3, -0.25) is 9.59 Å². The predicted octanol–water partition coefficient (Wildman–Crippen LogP) is 2.21. The number of benzene rings is 1. The lowest BCUT2D eigenvalue weighted by Gasteiger charge is -2.14. The van der Waals surface area contributed by atoms with E-state index in [4.69, 9.17) is 10.00 Å². The molecule has 114 valence electrons. The van der Waals surface area contributed by atoms with Gasteiger partial charge in [0.05, 0.1) is 19.3 Å². The zero-order chi connectivity index (χ0) is 15.8. The van der Waals surface area contributed by atoms with Crippen LogP contribution in [0.5, 0.6) is 0 Å². The number of ether oxygens (including phenoxy) is 1. The van der Waals surface area contributed by atoms with Gasteiger partial charge in [0.25, 0.3) is 0 Å². The number of nitriles is 1. The average molecular weight is 299 g/mol. The summed E-state index contributed by atoms with van der Waals surface area (Å²) in [5.74, 6) is -0.526. The van der Waals surface area contributed by atoms with Crippen LogP contribution in [-0.2, 0) is 14.3 Å². The van der Waals surface area contributed by atoms with Gasteiger partial charge in [-0.15, -0.1) is 0 Å². The Bertz CT molecular complexity index is 607. The SMILES string of the molecule is N#CCC(=O)Nc1ccc(NC(=O)C=C2CCOCC2)cc1. The Balaban J connectivity index is 1.89. The molecule has 0 saturated carbocycles. The first kappa shape index (κ1) is 15.7. The number of amides is 2. The molecule has 1 aliphatic heterocycles. The molecule has 1 heterocycles. The molecule has 6 heteroatoms. The van der Waals surface area contributed by atoms with Gasteiger partial charge in [0.2, 0.25) is 11.8 Å². The second-order valence-electron chi connectivity index (χ2n) is 4.86. The predicted molar refractivity (Wildman–Crippen MR) is 82.1 cm³/mol. The molecular formula is C16H17N3O3.